The average Bonchev–Trinajstić information content (AvgIpc) is 3.03. The van der Waals surface area contributed by atoms with E-state index in [1.165, 1.54) is 6.92 Å². The predicted molar refractivity (Wildman–Crippen MR) is 134 cm³/mol. The number of Topliss-reactive ketones (excluding diaryl/α,β-unsaturated/α-hetero) is 2. The van der Waals surface area contributed by atoms with Crippen molar-refractivity contribution < 1.29 is 33.8 Å². The lowest BCUT2D eigenvalue weighted by atomic mass is 9.63. The lowest BCUT2D eigenvalue weighted by Crippen LogP contribution is -2.62. The molecular weight excluding hydrogens is 472 g/mol. The minimum atomic E-state index is -1.50. The lowest BCUT2D eigenvalue weighted by molar-refractivity contribution is -0.207. The first-order chi connectivity index (χ1) is 17.2. The smallest absolute Gasteiger partial charge is 0.338 e. The van der Waals surface area contributed by atoms with Gasteiger partial charge in [0.1, 0.15) is 11.9 Å². The van der Waals surface area contributed by atoms with Crippen LogP contribution in [0, 0.1) is 46.8 Å². The number of fused-ring (bicyclic) bond motifs is 5. The summed E-state index contributed by atoms with van der Waals surface area (Å²) in [4.78, 5) is 52.8. The highest BCUT2D eigenvalue weighted by Gasteiger charge is 2.90. The van der Waals surface area contributed by atoms with E-state index < -0.39 is 76.1 Å². The molecule has 0 heterocycles. The van der Waals surface area contributed by atoms with Crippen molar-refractivity contribution in [3.63, 3.8) is 0 Å². The van der Waals surface area contributed by atoms with E-state index in [1.807, 2.05) is 13.8 Å². The minimum Gasteiger partial charge on any atom is -0.454 e. The van der Waals surface area contributed by atoms with E-state index in [-0.39, 0.29) is 11.6 Å². The second kappa shape index (κ2) is 8.10. The molecule has 0 amide bonds. The molecule has 37 heavy (non-hydrogen) atoms. The van der Waals surface area contributed by atoms with Crippen LogP contribution in [-0.4, -0.2) is 45.9 Å². The number of carbonyl (C=O) groups excluding carboxylic acids is 4. The molecule has 7 heteroatoms. The molecule has 1 aromatic rings. The molecule has 1 aromatic carbocycles. The molecule has 0 radical (unpaired) electrons. The summed E-state index contributed by atoms with van der Waals surface area (Å²) < 4.78 is 12.4. The van der Waals surface area contributed by atoms with Gasteiger partial charge in [-0.25, -0.2) is 4.79 Å². The van der Waals surface area contributed by atoms with Crippen molar-refractivity contribution in [2.24, 2.45) is 46.8 Å². The van der Waals surface area contributed by atoms with Gasteiger partial charge in [-0.2, -0.15) is 0 Å². The normalized spacial score (nSPS) is 40.8. The molecule has 0 saturated heterocycles. The van der Waals surface area contributed by atoms with E-state index in [4.69, 9.17) is 9.47 Å². The summed E-state index contributed by atoms with van der Waals surface area (Å²) in [5.74, 6) is -5.49. The van der Waals surface area contributed by atoms with Gasteiger partial charge >= 0.3 is 11.9 Å². The van der Waals surface area contributed by atoms with Crippen LogP contribution in [0.1, 0.15) is 58.8 Å². The number of ether oxygens (including phenoxy) is 2. The number of allylic oxidation sites excluding steroid dienone is 1. The number of hydrogen-bond donors (Lipinski definition) is 1. The van der Waals surface area contributed by atoms with Gasteiger partial charge in [0.2, 0.25) is 0 Å². The highest BCUT2D eigenvalue weighted by Crippen LogP contribution is 2.79. The lowest BCUT2D eigenvalue weighted by Gasteiger charge is -2.49. The summed E-state index contributed by atoms with van der Waals surface area (Å²) in [6.45, 7) is 12.3. The van der Waals surface area contributed by atoms with E-state index in [0.717, 1.165) is 0 Å². The number of aliphatic hydroxyl groups is 1. The molecule has 0 bridgehead atoms. The standard InChI is InChI=1S/C30H36O7/c1-14(2)26(33)37-30-24(28(30,6)7)22-20(17(5)31)21-19(13-15(3)23(21)32)29(22,35)16(4)25(30)36-27(34)18-11-9-8-10-12-18/h8-14,16,19-22,24-25,35H,1-7H3/t16-,19-,20+,21+,22+,24-,25-,29+,30-/m1/s1. The van der Waals surface area contributed by atoms with E-state index >= 15 is 0 Å². The van der Waals surface area contributed by atoms with Crippen molar-refractivity contribution in [1.82, 2.24) is 0 Å². The zero-order valence-corrected chi connectivity index (χ0v) is 22.5. The maximum atomic E-state index is 13.3. The predicted octanol–water partition coefficient (Wildman–Crippen LogP) is 3.78. The number of rotatable bonds is 5. The summed E-state index contributed by atoms with van der Waals surface area (Å²) in [6, 6.07) is 8.56. The van der Waals surface area contributed by atoms with E-state index in [9.17, 15) is 24.3 Å². The van der Waals surface area contributed by atoms with Crippen molar-refractivity contribution in [3.8, 4) is 0 Å². The average molecular weight is 509 g/mol. The number of benzene rings is 1. The van der Waals surface area contributed by atoms with Gasteiger partial charge < -0.3 is 14.6 Å². The fourth-order valence-corrected chi connectivity index (χ4v) is 8.16. The Balaban J connectivity index is 1.67. The second-order valence-electron chi connectivity index (χ2n) is 12.4. The molecule has 0 spiro atoms. The molecule has 9 atom stereocenters. The van der Waals surface area contributed by atoms with Gasteiger partial charge in [0.15, 0.2) is 11.4 Å². The summed E-state index contributed by atoms with van der Waals surface area (Å²) in [5.41, 5.74) is -2.56. The van der Waals surface area contributed by atoms with Crippen molar-refractivity contribution >= 4 is 23.5 Å². The Morgan fingerprint density at radius 3 is 2.27 bits per heavy atom. The summed E-state index contributed by atoms with van der Waals surface area (Å²) in [6.07, 6.45) is 0.817. The molecule has 3 saturated carbocycles. The van der Waals surface area contributed by atoms with Crippen LogP contribution in [0.15, 0.2) is 42.0 Å². The van der Waals surface area contributed by atoms with Crippen molar-refractivity contribution in [3.05, 3.63) is 47.5 Å². The van der Waals surface area contributed by atoms with Gasteiger partial charge in [-0.3, -0.25) is 14.4 Å². The van der Waals surface area contributed by atoms with Crippen LogP contribution >= 0.6 is 0 Å². The highest BCUT2D eigenvalue weighted by molar-refractivity contribution is 6.03. The quantitative estimate of drug-likeness (QED) is 0.603. The molecule has 4 aliphatic rings. The summed E-state index contributed by atoms with van der Waals surface area (Å²) in [5, 5.41) is 12.6. The first kappa shape index (κ1) is 25.8. The maximum absolute atomic E-state index is 13.3. The third kappa shape index (κ3) is 3.16. The van der Waals surface area contributed by atoms with Crippen LogP contribution < -0.4 is 0 Å². The first-order valence-electron chi connectivity index (χ1n) is 13.2. The van der Waals surface area contributed by atoms with Gasteiger partial charge in [0.05, 0.1) is 17.1 Å². The Bertz CT molecular complexity index is 1210. The van der Waals surface area contributed by atoms with Gasteiger partial charge in [0.25, 0.3) is 0 Å². The first-order valence-corrected chi connectivity index (χ1v) is 13.2. The molecule has 198 valence electrons. The molecule has 7 nitrogen and oxygen atoms in total. The molecule has 0 unspecified atom stereocenters. The van der Waals surface area contributed by atoms with Gasteiger partial charge in [-0.15, -0.1) is 0 Å². The number of hydrogen-bond acceptors (Lipinski definition) is 7. The molecular formula is C30H36O7. The van der Waals surface area contributed by atoms with Crippen molar-refractivity contribution in [2.45, 2.75) is 65.8 Å². The Morgan fingerprint density at radius 2 is 1.70 bits per heavy atom. The van der Waals surface area contributed by atoms with Crippen LogP contribution in [-0.2, 0) is 23.9 Å². The molecule has 5 rings (SSSR count). The van der Waals surface area contributed by atoms with Crippen LogP contribution in [0.25, 0.3) is 0 Å². The molecule has 0 aromatic heterocycles. The molecule has 3 fully saturated rings. The zero-order valence-electron chi connectivity index (χ0n) is 22.5. The van der Waals surface area contributed by atoms with Crippen LogP contribution in [0.3, 0.4) is 0 Å². The maximum Gasteiger partial charge on any atom is 0.338 e. The van der Waals surface area contributed by atoms with Gasteiger partial charge in [-0.1, -0.05) is 58.9 Å². The monoisotopic (exact) mass is 508 g/mol. The van der Waals surface area contributed by atoms with Crippen molar-refractivity contribution in [2.75, 3.05) is 0 Å². The highest BCUT2D eigenvalue weighted by atomic mass is 16.6. The minimum absolute atomic E-state index is 0.124. The van der Waals surface area contributed by atoms with Crippen LogP contribution in [0.5, 0.6) is 0 Å². The van der Waals surface area contributed by atoms with Gasteiger partial charge in [0, 0.05) is 40.9 Å². The Kier molecular flexibility index (Phi) is 5.65. The molecule has 1 N–H and O–H groups in total. The zero-order chi connectivity index (χ0) is 27.2. The van der Waals surface area contributed by atoms with E-state index in [0.29, 0.717) is 11.1 Å². The molecule has 4 aliphatic carbocycles. The second-order valence-corrected chi connectivity index (χ2v) is 12.4. The fraction of sp³-hybridized carbons (Fsp3) is 0.600. The SMILES string of the molecule is CC(=O)[C@H]1[C@H]2C(=O)C(C)=C[C@H]2[C@]2(O)[C@@H]1[C@@H]1C(C)(C)[C@]1(OC(=O)C(C)C)[C@H](OC(=O)c1ccccc1)[C@H]2C. The van der Waals surface area contributed by atoms with Crippen LogP contribution in [0.4, 0.5) is 0 Å². The number of carbonyl (C=O) groups is 4. The van der Waals surface area contributed by atoms with E-state index in [1.54, 1.807) is 64.1 Å². The van der Waals surface area contributed by atoms with Crippen LogP contribution in [0.2, 0.25) is 0 Å². The third-order valence-electron chi connectivity index (χ3n) is 9.93. The topological polar surface area (TPSA) is 107 Å². The molecule has 0 aliphatic heterocycles. The van der Waals surface area contributed by atoms with Gasteiger partial charge in [-0.05, 0) is 31.6 Å². The van der Waals surface area contributed by atoms with Crippen molar-refractivity contribution in [1.29, 1.82) is 0 Å². The Morgan fingerprint density at radius 1 is 1.08 bits per heavy atom. The van der Waals surface area contributed by atoms with E-state index in [2.05, 4.69) is 0 Å². The number of ketones is 2. The fourth-order valence-electron chi connectivity index (χ4n) is 8.16. The Hall–Kier alpha value is -2.80. The third-order valence-corrected chi connectivity index (χ3v) is 9.93. The summed E-state index contributed by atoms with van der Waals surface area (Å²) in [7, 11) is 0. The Labute approximate surface area is 217 Å². The summed E-state index contributed by atoms with van der Waals surface area (Å²) >= 11 is 0. The largest absolute Gasteiger partial charge is 0.454 e. The number of esters is 2.